The molecule has 1 N–H and O–H groups in total. The Bertz CT molecular complexity index is 251. The maximum absolute atomic E-state index is 10.1. The van der Waals surface area contributed by atoms with Gasteiger partial charge in [0.2, 0.25) is 0 Å². The second-order valence-corrected chi connectivity index (χ2v) is 8.95. The Balaban J connectivity index is 3.10. The van der Waals surface area contributed by atoms with Gasteiger partial charge in [0.05, 0.1) is 6.10 Å². The van der Waals surface area contributed by atoms with Gasteiger partial charge in [0.25, 0.3) is 0 Å². The molecule has 0 saturated heterocycles. The molecule has 0 aromatic carbocycles. The van der Waals surface area contributed by atoms with Crippen molar-refractivity contribution < 1.29 is 5.11 Å². The van der Waals surface area contributed by atoms with E-state index >= 15 is 0 Å². The molecule has 0 fully saturated rings. The molecule has 164 valence electrons. The lowest BCUT2D eigenvalue weighted by molar-refractivity contribution is 0.147. The summed E-state index contributed by atoms with van der Waals surface area (Å²) >= 11 is 0. The van der Waals surface area contributed by atoms with Crippen LogP contribution >= 0.6 is 0 Å². The molecule has 0 heterocycles. The van der Waals surface area contributed by atoms with Gasteiger partial charge in [-0.15, -0.1) is 0 Å². The number of unbranched alkanes of at least 4 members (excludes halogenated alkanes) is 19. The first-order chi connectivity index (χ1) is 13.3. The Morgan fingerprint density at radius 3 is 0.852 bits per heavy atom. The third-order valence-corrected chi connectivity index (χ3v) is 6.03. The van der Waals surface area contributed by atoms with Gasteiger partial charge in [-0.25, -0.2) is 0 Å². The predicted molar refractivity (Wildman–Crippen MR) is 124 cm³/mol. The maximum atomic E-state index is 10.1. The molecular formula is C26H54O. The first-order valence-electron chi connectivity index (χ1n) is 13.0. The van der Waals surface area contributed by atoms with Gasteiger partial charge in [0.15, 0.2) is 0 Å². The van der Waals surface area contributed by atoms with Crippen LogP contribution in [0.3, 0.4) is 0 Å². The van der Waals surface area contributed by atoms with Crippen molar-refractivity contribution in [2.45, 2.75) is 168 Å². The first kappa shape index (κ1) is 27.0. The van der Waals surface area contributed by atoms with Crippen molar-refractivity contribution in [3.05, 3.63) is 0 Å². The zero-order chi connectivity index (χ0) is 19.8. The van der Waals surface area contributed by atoms with Crippen LogP contribution < -0.4 is 0 Å². The molecule has 1 nitrogen and oxygen atoms in total. The molecule has 0 radical (unpaired) electrons. The van der Waals surface area contributed by atoms with Gasteiger partial charge in [0, 0.05) is 0 Å². The van der Waals surface area contributed by atoms with Gasteiger partial charge in [0.1, 0.15) is 0 Å². The van der Waals surface area contributed by atoms with Crippen LogP contribution in [-0.2, 0) is 0 Å². The Hall–Kier alpha value is -0.0400. The van der Waals surface area contributed by atoms with Crippen LogP contribution in [0.2, 0.25) is 0 Å². The number of aliphatic hydroxyl groups is 1. The van der Waals surface area contributed by atoms with E-state index in [1.165, 1.54) is 135 Å². The van der Waals surface area contributed by atoms with E-state index in [1.54, 1.807) is 0 Å². The summed E-state index contributed by atoms with van der Waals surface area (Å²) < 4.78 is 0. The fourth-order valence-corrected chi connectivity index (χ4v) is 4.06. The van der Waals surface area contributed by atoms with Crippen LogP contribution in [0.1, 0.15) is 162 Å². The topological polar surface area (TPSA) is 20.2 Å². The van der Waals surface area contributed by atoms with Gasteiger partial charge in [-0.05, 0) is 12.8 Å². The smallest absolute Gasteiger partial charge is 0.0540 e. The van der Waals surface area contributed by atoms with Crippen molar-refractivity contribution in [3.63, 3.8) is 0 Å². The quantitative estimate of drug-likeness (QED) is 0.174. The summed E-state index contributed by atoms with van der Waals surface area (Å²) in [7, 11) is 0. The lowest BCUT2D eigenvalue weighted by Gasteiger charge is -2.10. The van der Waals surface area contributed by atoms with Crippen LogP contribution in [0.5, 0.6) is 0 Å². The molecule has 0 unspecified atom stereocenters. The lowest BCUT2D eigenvalue weighted by Crippen LogP contribution is -2.05. The first-order valence-corrected chi connectivity index (χ1v) is 13.0. The number of rotatable bonds is 23. The largest absolute Gasteiger partial charge is 0.393 e. The molecule has 1 atom stereocenters. The van der Waals surface area contributed by atoms with Crippen LogP contribution in [-0.4, -0.2) is 11.2 Å². The average Bonchev–Trinajstić information content (AvgIpc) is 2.67. The van der Waals surface area contributed by atoms with Crippen molar-refractivity contribution in [1.82, 2.24) is 0 Å². The summed E-state index contributed by atoms with van der Waals surface area (Å²) in [5.74, 6) is 0. The van der Waals surface area contributed by atoms with Gasteiger partial charge >= 0.3 is 0 Å². The second-order valence-electron chi connectivity index (χ2n) is 8.95. The second kappa shape index (κ2) is 24.0. The number of aliphatic hydroxyl groups excluding tert-OH is 1. The Morgan fingerprint density at radius 1 is 0.370 bits per heavy atom. The van der Waals surface area contributed by atoms with E-state index in [2.05, 4.69) is 13.8 Å². The summed E-state index contributed by atoms with van der Waals surface area (Å²) in [6.45, 7) is 4.56. The summed E-state index contributed by atoms with van der Waals surface area (Å²) in [4.78, 5) is 0. The minimum absolute atomic E-state index is 0.0297. The van der Waals surface area contributed by atoms with E-state index in [4.69, 9.17) is 0 Å². The summed E-state index contributed by atoms with van der Waals surface area (Å²) in [6.07, 6.45) is 31.2. The molecule has 0 aromatic rings. The Morgan fingerprint density at radius 2 is 0.593 bits per heavy atom. The standard InChI is InChI=1S/C26H54O/c1-3-5-7-9-11-12-13-14-15-16-17-19-21-23-25-26(27)24-22-20-18-10-8-6-4-2/h26-27H,3-25H2,1-2H3/t26-/m0/s1. The fraction of sp³-hybridized carbons (Fsp3) is 1.00. The summed E-state index contributed by atoms with van der Waals surface area (Å²) in [5, 5.41) is 10.1. The molecule has 27 heavy (non-hydrogen) atoms. The van der Waals surface area contributed by atoms with Crippen LogP contribution in [0.4, 0.5) is 0 Å². The van der Waals surface area contributed by atoms with E-state index in [0.717, 1.165) is 12.8 Å². The Kier molecular flexibility index (Phi) is 24.0. The molecule has 0 aliphatic carbocycles. The van der Waals surface area contributed by atoms with Gasteiger partial charge in [-0.3, -0.25) is 0 Å². The van der Waals surface area contributed by atoms with Gasteiger partial charge in [-0.1, -0.05) is 149 Å². The van der Waals surface area contributed by atoms with E-state index in [0.29, 0.717) is 0 Å². The third-order valence-electron chi connectivity index (χ3n) is 6.03. The van der Waals surface area contributed by atoms with E-state index < -0.39 is 0 Å². The highest BCUT2D eigenvalue weighted by atomic mass is 16.3. The molecule has 1 heteroatoms. The van der Waals surface area contributed by atoms with Crippen LogP contribution in [0.25, 0.3) is 0 Å². The van der Waals surface area contributed by atoms with Crippen LogP contribution in [0.15, 0.2) is 0 Å². The highest BCUT2D eigenvalue weighted by Gasteiger charge is 2.03. The minimum atomic E-state index is -0.0297. The SMILES string of the molecule is CCCCCCCCCCCCCCCC[C@@H](O)CCCCCCCCC. The molecule has 0 aromatic heterocycles. The number of hydrogen-bond donors (Lipinski definition) is 1. The molecule has 0 aliphatic rings. The lowest BCUT2D eigenvalue weighted by atomic mass is 10.0. The number of hydrogen-bond acceptors (Lipinski definition) is 1. The molecule has 0 aliphatic heterocycles. The summed E-state index contributed by atoms with van der Waals surface area (Å²) in [6, 6.07) is 0. The van der Waals surface area contributed by atoms with E-state index in [9.17, 15) is 5.11 Å². The monoisotopic (exact) mass is 382 g/mol. The highest BCUT2D eigenvalue weighted by molar-refractivity contribution is 4.58. The van der Waals surface area contributed by atoms with Gasteiger partial charge < -0.3 is 5.11 Å². The fourth-order valence-electron chi connectivity index (χ4n) is 4.06. The molecule has 0 spiro atoms. The molecule has 0 bridgehead atoms. The summed E-state index contributed by atoms with van der Waals surface area (Å²) in [5.41, 5.74) is 0. The molecule has 0 amide bonds. The molecule has 0 rings (SSSR count). The van der Waals surface area contributed by atoms with Crippen LogP contribution in [0, 0.1) is 0 Å². The molecular weight excluding hydrogens is 328 g/mol. The van der Waals surface area contributed by atoms with Crippen molar-refractivity contribution in [3.8, 4) is 0 Å². The van der Waals surface area contributed by atoms with Crippen molar-refractivity contribution in [2.24, 2.45) is 0 Å². The van der Waals surface area contributed by atoms with Crippen molar-refractivity contribution in [2.75, 3.05) is 0 Å². The minimum Gasteiger partial charge on any atom is -0.393 e. The highest BCUT2D eigenvalue weighted by Crippen LogP contribution is 2.15. The molecule has 0 saturated carbocycles. The van der Waals surface area contributed by atoms with E-state index in [1.807, 2.05) is 0 Å². The zero-order valence-electron chi connectivity index (χ0n) is 19.3. The van der Waals surface area contributed by atoms with Crippen molar-refractivity contribution >= 4 is 0 Å². The van der Waals surface area contributed by atoms with E-state index in [-0.39, 0.29) is 6.10 Å². The maximum Gasteiger partial charge on any atom is 0.0540 e. The van der Waals surface area contributed by atoms with Gasteiger partial charge in [-0.2, -0.15) is 0 Å². The zero-order valence-corrected chi connectivity index (χ0v) is 19.3. The third kappa shape index (κ3) is 23.9. The predicted octanol–water partition coefficient (Wildman–Crippen LogP) is 9.36. The average molecular weight is 383 g/mol. The van der Waals surface area contributed by atoms with Crippen molar-refractivity contribution in [1.29, 1.82) is 0 Å². The Labute approximate surface area is 173 Å². The normalized spacial score (nSPS) is 12.6.